The summed E-state index contributed by atoms with van der Waals surface area (Å²) in [7, 11) is 0. The van der Waals surface area contributed by atoms with Gasteiger partial charge in [0.15, 0.2) is 0 Å². The van der Waals surface area contributed by atoms with Crippen LogP contribution in [0.1, 0.15) is 58.2 Å². The molecule has 1 heterocycles. The number of hydrogen-bond donors (Lipinski definition) is 0. The van der Waals surface area contributed by atoms with Gasteiger partial charge in [-0.05, 0) is 26.7 Å². The van der Waals surface area contributed by atoms with Crippen LogP contribution in [-0.2, 0) is 21.5 Å². The van der Waals surface area contributed by atoms with Gasteiger partial charge in [0, 0.05) is 6.54 Å². The molecule has 1 aliphatic rings. The molecule has 5 heteroatoms. The zero-order valence-corrected chi connectivity index (χ0v) is 11.9. The normalized spacial score (nSPS) is 18.8. The molecule has 1 aliphatic carbocycles. The highest BCUT2D eigenvalue weighted by Gasteiger charge is 2.45. The quantitative estimate of drug-likeness (QED) is 0.620. The van der Waals surface area contributed by atoms with Crippen molar-refractivity contribution in [3.63, 3.8) is 0 Å². The molecular weight excluding hydrogens is 242 g/mol. The average Bonchev–Trinajstić information content (AvgIpc) is 2.76. The molecule has 0 N–H and O–H groups in total. The van der Waals surface area contributed by atoms with Crippen LogP contribution >= 0.6 is 0 Å². The minimum absolute atomic E-state index is 0.125. The van der Waals surface area contributed by atoms with Gasteiger partial charge < -0.3 is 9.30 Å². The summed E-state index contributed by atoms with van der Waals surface area (Å²) in [5, 5.41) is 8.23. The van der Waals surface area contributed by atoms with E-state index in [4.69, 9.17) is 4.74 Å². The minimum atomic E-state index is -0.584. The van der Waals surface area contributed by atoms with Crippen molar-refractivity contribution in [2.24, 2.45) is 0 Å². The Morgan fingerprint density at radius 2 is 2.00 bits per heavy atom. The SMILES string of the molecule is CCOC(=O)C1(c2nncn2CC)CCCCCC1. The van der Waals surface area contributed by atoms with Crippen molar-refractivity contribution in [2.45, 2.75) is 64.3 Å². The Balaban J connectivity index is 2.40. The second kappa shape index (κ2) is 6.17. The molecule has 0 saturated heterocycles. The number of esters is 1. The van der Waals surface area contributed by atoms with Gasteiger partial charge in [0.1, 0.15) is 17.6 Å². The van der Waals surface area contributed by atoms with E-state index in [9.17, 15) is 4.79 Å². The highest BCUT2D eigenvalue weighted by molar-refractivity contribution is 5.82. The first kappa shape index (κ1) is 14.0. The lowest BCUT2D eigenvalue weighted by molar-refractivity contribution is -0.151. The van der Waals surface area contributed by atoms with Gasteiger partial charge in [0.2, 0.25) is 0 Å². The topological polar surface area (TPSA) is 57.0 Å². The molecule has 1 aromatic heterocycles. The second-order valence-corrected chi connectivity index (χ2v) is 5.16. The summed E-state index contributed by atoms with van der Waals surface area (Å²) in [6.45, 7) is 5.10. The zero-order valence-electron chi connectivity index (χ0n) is 11.9. The third kappa shape index (κ3) is 2.65. The number of rotatable bonds is 4. The van der Waals surface area contributed by atoms with E-state index in [0.717, 1.165) is 38.1 Å². The van der Waals surface area contributed by atoms with Gasteiger partial charge in [-0.1, -0.05) is 25.7 Å². The van der Waals surface area contributed by atoms with Crippen LogP contribution in [0.15, 0.2) is 6.33 Å². The molecule has 0 aliphatic heterocycles. The Hall–Kier alpha value is -1.39. The summed E-state index contributed by atoms with van der Waals surface area (Å²) in [5.41, 5.74) is -0.584. The molecule has 0 aromatic carbocycles. The van der Waals surface area contributed by atoms with Gasteiger partial charge in [-0.3, -0.25) is 4.79 Å². The Labute approximate surface area is 114 Å². The molecule has 19 heavy (non-hydrogen) atoms. The van der Waals surface area contributed by atoms with Crippen LogP contribution in [0, 0.1) is 0 Å². The number of aryl methyl sites for hydroxylation is 1. The standard InChI is InChI=1S/C14H23N3O2/c1-3-17-11-15-16-12(17)14(13(18)19-4-2)9-7-5-6-8-10-14/h11H,3-10H2,1-2H3. The van der Waals surface area contributed by atoms with Crippen LogP contribution in [0.5, 0.6) is 0 Å². The fourth-order valence-electron chi connectivity index (χ4n) is 2.98. The molecule has 5 nitrogen and oxygen atoms in total. The van der Waals surface area contributed by atoms with Crippen LogP contribution in [0.2, 0.25) is 0 Å². The Morgan fingerprint density at radius 1 is 1.32 bits per heavy atom. The molecule has 1 fully saturated rings. The largest absolute Gasteiger partial charge is 0.465 e. The number of aromatic nitrogens is 3. The zero-order chi connectivity index (χ0) is 13.7. The van der Waals surface area contributed by atoms with E-state index in [-0.39, 0.29) is 5.97 Å². The highest BCUT2D eigenvalue weighted by Crippen LogP contribution is 2.38. The summed E-state index contributed by atoms with van der Waals surface area (Å²) < 4.78 is 7.32. The number of hydrogen-bond acceptors (Lipinski definition) is 4. The van der Waals surface area contributed by atoms with Crippen molar-refractivity contribution < 1.29 is 9.53 Å². The van der Waals surface area contributed by atoms with Gasteiger partial charge in [-0.2, -0.15) is 0 Å². The van der Waals surface area contributed by atoms with Gasteiger partial charge in [0.05, 0.1) is 6.61 Å². The van der Waals surface area contributed by atoms with E-state index < -0.39 is 5.41 Å². The number of nitrogens with zero attached hydrogens (tertiary/aromatic N) is 3. The molecule has 106 valence electrons. The lowest BCUT2D eigenvalue weighted by Crippen LogP contribution is -2.40. The molecule has 1 aromatic rings. The minimum Gasteiger partial charge on any atom is -0.465 e. The van der Waals surface area contributed by atoms with Crippen molar-refractivity contribution in [1.29, 1.82) is 0 Å². The first-order valence-electron chi connectivity index (χ1n) is 7.30. The molecule has 0 atom stereocenters. The first-order chi connectivity index (χ1) is 9.24. The van der Waals surface area contributed by atoms with Crippen LogP contribution < -0.4 is 0 Å². The summed E-state index contributed by atoms with van der Waals surface area (Å²) in [6, 6.07) is 0. The summed E-state index contributed by atoms with van der Waals surface area (Å²) in [4.78, 5) is 12.5. The number of carbonyl (C=O) groups is 1. The van der Waals surface area contributed by atoms with E-state index in [0.29, 0.717) is 6.61 Å². The Morgan fingerprint density at radius 3 is 2.58 bits per heavy atom. The van der Waals surface area contributed by atoms with E-state index in [2.05, 4.69) is 10.2 Å². The third-order valence-corrected chi connectivity index (χ3v) is 4.01. The Bertz CT molecular complexity index is 420. The van der Waals surface area contributed by atoms with Gasteiger partial charge in [0.25, 0.3) is 0 Å². The fourth-order valence-corrected chi connectivity index (χ4v) is 2.98. The van der Waals surface area contributed by atoms with Crippen molar-refractivity contribution in [3.8, 4) is 0 Å². The summed E-state index contributed by atoms with van der Waals surface area (Å²) >= 11 is 0. The molecule has 0 bridgehead atoms. The third-order valence-electron chi connectivity index (χ3n) is 4.01. The lowest BCUT2D eigenvalue weighted by atomic mass is 9.79. The van der Waals surface area contributed by atoms with E-state index in [1.807, 2.05) is 18.4 Å². The lowest BCUT2D eigenvalue weighted by Gasteiger charge is -2.29. The molecule has 1 saturated carbocycles. The molecular formula is C14H23N3O2. The number of ether oxygens (including phenoxy) is 1. The molecule has 0 amide bonds. The maximum absolute atomic E-state index is 12.5. The van der Waals surface area contributed by atoms with Crippen LogP contribution in [0.4, 0.5) is 0 Å². The van der Waals surface area contributed by atoms with Gasteiger partial charge in [-0.15, -0.1) is 10.2 Å². The van der Waals surface area contributed by atoms with Crippen molar-refractivity contribution in [3.05, 3.63) is 12.2 Å². The first-order valence-corrected chi connectivity index (χ1v) is 7.30. The predicted molar refractivity (Wildman–Crippen MR) is 71.7 cm³/mol. The van der Waals surface area contributed by atoms with Crippen molar-refractivity contribution in [2.75, 3.05) is 6.61 Å². The van der Waals surface area contributed by atoms with Crippen molar-refractivity contribution in [1.82, 2.24) is 14.8 Å². The maximum Gasteiger partial charge on any atom is 0.319 e. The van der Waals surface area contributed by atoms with Crippen molar-refractivity contribution >= 4 is 5.97 Å². The highest BCUT2D eigenvalue weighted by atomic mass is 16.5. The van der Waals surface area contributed by atoms with Crippen LogP contribution in [-0.4, -0.2) is 27.3 Å². The molecule has 0 spiro atoms. The predicted octanol–water partition coefficient (Wildman–Crippen LogP) is 2.45. The molecule has 2 rings (SSSR count). The fraction of sp³-hybridized carbons (Fsp3) is 0.786. The maximum atomic E-state index is 12.5. The van der Waals surface area contributed by atoms with Gasteiger partial charge >= 0.3 is 5.97 Å². The van der Waals surface area contributed by atoms with Crippen LogP contribution in [0.25, 0.3) is 0 Å². The Kier molecular flexibility index (Phi) is 4.56. The summed E-state index contributed by atoms with van der Waals surface area (Å²) in [6.07, 6.45) is 7.82. The monoisotopic (exact) mass is 265 g/mol. The number of carbonyl (C=O) groups excluding carboxylic acids is 1. The van der Waals surface area contributed by atoms with Gasteiger partial charge in [-0.25, -0.2) is 0 Å². The average molecular weight is 265 g/mol. The smallest absolute Gasteiger partial charge is 0.319 e. The molecule has 0 radical (unpaired) electrons. The molecule has 0 unspecified atom stereocenters. The van der Waals surface area contributed by atoms with E-state index in [1.54, 1.807) is 6.33 Å². The second-order valence-electron chi connectivity index (χ2n) is 5.16. The van der Waals surface area contributed by atoms with Crippen LogP contribution in [0.3, 0.4) is 0 Å². The van der Waals surface area contributed by atoms with E-state index >= 15 is 0 Å². The summed E-state index contributed by atoms with van der Waals surface area (Å²) in [5.74, 6) is 0.662. The van der Waals surface area contributed by atoms with E-state index in [1.165, 1.54) is 12.8 Å².